The summed E-state index contributed by atoms with van der Waals surface area (Å²) in [6.45, 7) is 8.37. The van der Waals surface area contributed by atoms with Gasteiger partial charge in [-0.2, -0.15) is 0 Å². The van der Waals surface area contributed by atoms with Crippen LogP contribution in [0.2, 0.25) is 0 Å². The van der Waals surface area contributed by atoms with Crippen molar-refractivity contribution >= 4 is 12.0 Å². The number of ether oxygens (including phenoxy) is 2. The largest absolute Gasteiger partial charge is 0.497 e. The molecule has 0 bridgehead atoms. The standard InChI is InChI=1S/C19H28N2O4/c1-5-25-19(23)21-12-10-20(11-13-21)18(22)17(14(2)3)15-6-8-16(24-4)9-7-15/h6-9,14,17H,5,10-13H2,1-4H3. The van der Waals surface area contributed by atoms with E-state index in [4.69, 9.17) is 9.47 Å². The van der Waals surface area contributed by atoms with E-state index in [0.717, 1.165) is 11.3 Å². The zero-order valence-corrected chi connectivity index (χ0v) is 15.5. The van der Waals surface area contributed by atoms with Gasteiger partial charge in [0, 0.05) is 26.2 Å². The van der Waals surface area contributed by atoms with Crippen molar-refractivity contribution in [1.29, 1.82) is 0 Å². The summed E-state index contributed by atoms with van der Waals surface area (Å²) in [5, 5.41) is 0. The summed E-state index contributed by atoms with van der Waals surface area (Å²) in [6, 6.07) is 7.68. The molecule has 1 fully saturated rings. The third-order valence-corrected chi connectivity index (χ3v) is 4.52. The number of benzene rings is 1. The predicted molar refractivity (Wildman–Crippen MR) is 95.7 cm³/mol. The molecule has 1 aliphatic heterocycles. The molecule has 0 N–H and O–H groups in total. The van der Waals surface area contributed by atoms with E-state index >= 15 is 0 Å². The highest BCUT2D eigenvalue weighted by atomic mass is 16.6. The van der Waals surface area contributed by atoms with E-state index in [1.165, 1.54) is 0 Å². The van der Waals surface area contributed by atoms with Crippen molar-refractivity contribution in [2.75, 3.05) is 39.9 Å². The Balaban J connectivity index is 2.04. The van der Waals surface area contributed by atoms with Gasteiger partial charge in [-0.3, -0.25) is 4.79 Å². The van der Waals surface area contributed by atoms with Gasteiger partial charge in [0.2, 0.25) is 5.91 Å². The first kappa shape index (κ1) is 19.1. The zero-order valence-electron chi connectivity index (χ0n) is 15.5. The Morgan fingerprint density at radius 1 is 1.04 bits per heavy atom. The lowest BCUT2D eigenvalue weighted by Crippen LogP contribution is -2.52. The molecule has 0 aromatic heterocycles. The minimum Gasteiger partial charge on any atom is -0.497 e. The summed E-state index contributed by atoms with van der Waals surface area (Å²) in [5.74, 6) is 0.884. The lowest BCUT2D eigenvalue weighted by atomic mass is 9.87. The van der Waals surface area contributed by atoms with Crippen molar-refractivity contribution in [2.45, 2.75) is 26.7 Å². The fraction of sp³-hybridized carbons (Fsp3) is 0.579. The van der Waals surface area contributed by atoms with Gasteiger partial charge in [0.25, 0.3) is 0 Å². The Morgan fingerprint density at radius 3 is 2.08 bits per heavy atom. The van der Waals surface area contributed by atoms with Crippen molar-refractivity contribution in [2.24, 2.45) is 5.92 Å². The van der Waals surface area contributed by atoms with Gasteiger partial charge in [-0.05, 0) is 30.5 Å². The lowest BCUT2D eigenvalue weighted by Gasteiger charge is -2.36. The van der Waals surface area contributed by atoms with Crippen LogP contribution in [-0.4, -0.2) is 61.7 Å². The van der Waals surface area contributed by atoms with E-state index < -0.39 is 0 Å². The molecule has 1 atom stereocenters. The number of carbonyl (C=O) groups excluding carboxylic acids is 2. The molecule has 0 saturated carbocycles. The van der Waals surface area contributed by atoms with Crippen LogP contribution in [0.25, 0.3) is 0 Å². The van der Waals surface area contributed by atoms with Crippen LogP contribution in [0.3, 0.4) is 0 Å². The summed E-state index contributed by atoms with van der Waals surface area (Å²) >= 11 is 0. The van der Waals surface area contributed by atoms with E-state index in [2.05, 4.69) is 13.8 Å². The van der Waals surface area contributed by atoms with Crippen molar-refractivity contribution in [3.63, 3.8) is 0 Å². The lowest BCUT2D eigenvalue weighted by molar-refractivity contribution is -0.135. The normalized spacial score (nSPS) is 15.9. The first-order valence-corrected chi connectivity index (χ1v) is 8.82. The van der Waals surface area contributed by atoms with Crippen LogP contribution in [0.5, 0.6) is 5.75 Å². The summed E-state index contributed by atoms with van der Waals surface area (Å²) in [7, 11) is 1.63. The SMILES string of the molecule is CCOC(=O)N1CCN(C(=O)C(c2ccc(OC)cc2)C(C)C)CC1. The Bertz CT molecular complexity index is 578. The number of hydrogen-bond donors (Lipinski definition) is 0. The van der Waals surface area contributed by atoms with Gasteiger partial charge in [-0.1, -0.05) is 26.0 Å². The smallest absolute Gasteiger partial charge is 0.409 e. The minimum atomic E-state index is -0.301. The number of amides is 2. The fourth-order valence-electron chi connectivity index (χ4n) is 3.14. The van der Waals surface area contributed by atoms with Gasteiger partial charge in [-0.25, -0.2) is 4.79 Å². The maximum absolute atomic E-state index is 13.1. The molecule has 1 aliphatic rings. The van der Waals surface area contributed by atoms with Crippen LogP contribution >= 0.6 is 0 Å². The molecular formula is C19H28N2O4. The number of methoxy groups -OCH3 is 1. The van der Waals surface area contributed by atoms with Crippen LogP contribution in [-0.2, 0) is 9.53 Å². The molecule has 2 amide bonds. The van der Waals surface area contributed by atoms with Gasteiger partial charge >= 0.3 is 6.09 Å². The second-order valence-corrected chi connectivity index (χ2v) is 6.51. The fourth-order valence-corrected chi connectivity index (χ4v) is 3.14. The van der Waals surface area contributed by atoms with Gasteiger partial charge in [0.15, 0.2) is 0 Å². The summed E-state index contributed by atoms with van der Waals surface area (Å²) in [5.41, 5.74) is 0.994. The average molecular weight is 348 g/mol. The Morgan fingerprint density at radius 2 is 1.60 bits per heavy atom. The van der Waals surface area contributed by atoms with Crippen LogP contribution < -0.4 is 4.74 Å². The van der Waals surface area contributed by atoms with Crippen molar-refractivity contribution in [3.05, 3.63) is 29.8 Å². The monoisotopic (exact) mass is 348 g/mol. The average Bonchev–Trinajstić information content (AvgIpc) is 2.62. The molecule has 25 heavy (non-hydrogen) atoms. The first-order chi connectivity index (χ1) is 12.0. The number of rotatable bonds is 5. The van der Waals surface area contributed by atoms with E-state index in [1.54, 1.807) is 18.9 Å². The Kier molecular flexibility index (Phi) is 6.67. The number of nitrogens with zero attached hydrogens (tertiary/aromatic N) is 2. The van der Waals surface area contributed by atoms with Crippen molar-refractivity contribution < 1.29 is 19.1 Å². The summed E-state index contributed by atoms with van der Waals surface area (Å²) in [6.07, 6.45) is -0.301. The number of piperazine rings is 1. The third kappa shape index (κ3) is 4.65. The van der Waals surface area contributed by atoms with Gasteiger partial charge in [0.1, 0.15) is 5.75 Å². The minimum absolute atomic E-state index is 0.115. The molecule has 6 heteroatoms. The molecule has 0 radical (unpaired) electrons. The summed E-state index contributed by atoms with van der Waals surface area (Å²) < 4.78 is 10.2. The molecule has 1 aromatic rings. The number of carbonyl (C=O) groups is 2. The molecular weight excluding hydrogens is 320 g/mol. The van der Waals surface area contributed by atoms with Crippen LogP contribution in [0.15, 0.2) is 24.3 Å². The molecule has 138 valence electrons. The third-order valence-electron chi connectivity index (χ3n) is 4.52. The first-order valence-electron chi connectivity index (χ1n) is 8.82. The quantitative estimate of drug-likeness (QED) is 0.821. The van der Waals surface area contributed by atoms with E-state index in [1.807, 2.05) is 29.2 Å². The molecule has 1 saturated heterocycles. The number of hydrogen-bond acceptors (Lipinski definition) is 4. The van der Waals surface area contributed by atoms with E-state index in [0.29, 0.717) is 32.8 Å². The maximum Gasteiger partial charge on any atom is 0.409 e. The van der Waals surface area contributed by atoms with Crippen LogP contribution in [0.1, 0.15) is 32.3 Å². The zero-order chi connectivity index (χ0) is 18.4. The van der Waals surface area contributed by atoms with Gasteiger partial charge in [0.05, 0.1) is 19.6 Å². The highest BCUT2D eigenvalue weighted by molar-refractivity contribution is 5.84. The predicted octanol–water partition coefficient (Wildman–Crippen LogP) is 2.74. The van der Waals surface area contributed by atoms with Crippen molar-refractivity contribution in [1.82, 2.24) is 9.80 Å². The molecule has 2 rings (SSSR count). The maximum atomic E-state index is 13.1. The van der Waals surface area contributed by atoms with Gasteiger partial charge in [-0.15, -0.1) is 0 Å². The van der Waals surface area contributed by atoms with Crippen molar-refractivity contribution in [3.8, 4) is 5.75 Å². The highest BCUT2D eigenvalue weighted by Gasteiger charge is 2.31. The second kappa shape index (κ2) is 8.74. The molecule has 1 unspecified atom stereocenters. The van der Waals surface area contributed by atoms with E-state index in [-0.39, 0.29) is 23.8 Å². The van der Waals surface area contributed by atoms with Crippen LogP contribution in [0.4, 0.5) is 4.79 Å². The topological polar surface area (TPSA) is 59.1 Å². The van der Waals surface area contributed by atoms with Gasteiger partial charge < -0.3 is 19.3 Å². The summed E-state index contributed by atoms with van der Waals surface area (Å²) in [4.78, 5) is 28.4. The molecule has 1 aromatic carbocycles. The molecule has 1 heterocycles. The highest BCUT2D eigenvalue weighted by Crippen LogP contribution is 2.28. The second-order valence-electron chi connectivity index (χ2n) is 6.51. The Labute approximate surface area is 149 Å². The molecule has 6 nitrogen and oxygen atoms in total. The molecule has 0 aliphatic carbocycles. The van der Waals surface area contributed by atoms with Crippen LogP contribution in [0, 0.1) is 5.92 Å². The molecule has 0 spiro atoms. The van der Waals surface area contributed by atoms with E-state index in [9.17, 15) is 9.59 Å². The Hall–Kier alpha value is -2.24.